The zero-order valence-corrected chi connectivity index (χ0v) is 18.2. The fraction of sp³-hybridized carbons (Fsp3) is 0.240. The number of phenols is 1. The van der Waals surface area contributed by atoms with Crippen molar-refractivity contribution in [2.24, 2.45) is 0 Å². The predicted molar refractivity (Wildman–Crippen MR) is 118 cm³/mol. The van der Waals surface area contributed by atoms with Gasteiger partial charge in [0.25, 0.3) is 0 Å². The molecule has 0 fully saturated rings. The van der Waals surface area contributed by atoms with Gasteiger partial charge >= 0.3 is 0 Å². The van der Waals surface area contributed by atoms with Gasteiger partial charge in [0.1, 0.15) is 17.6 Å². The van der Waals surface area contributed by atoms with E-state index in [-0.39, 0.29) is 11.5 Å². The van der Waals surface area contributed by atoms with Crippen LogP contribution in [0.25, 0.3) is 0 Å². The van der Waals surface area contributed by atoms with E-state index in [0.717, 1.165) is 5.56 Å². The van der Waals surface area contributed by atoms with Crippen LogP contribution in [-0.2, 0) is 0 Å². The lowest BCUT2D eigenvalue weighted by atomic mass is 9.81. The van der Waals surface area contributed by atoms with E-state index in [2.05, 4.69) is 0 Å². The first-order chi connectivity index (χ1) is 15.5. The molecule has 2 atom stereocenters. The Morgan fingerprint density at radius 1 is 0.750 bits per heavy atom. The van der Waals surface area contributed by atoms with Crippen molar-refractivity contribution in [2.45, 2.75) is 12.0 Å². The molecule has 0 aliphatic carbocycles. The number of benzene rings is 3. The molecular formula is C25H24O7. The molecule has 3 aromatic carbocycles. The number of hydrogen-bond acceptors (Lipinski definition) is 7. The number of hydrogen-bond donors (Lipinski definition) is 1. The minimum absolute atomic E-state index is 0.00573. The maximum absolute atomic E-state index is 13.8. The second-order valence-corrected chi connectivity index (χ2v) is 7.29. The topological polar surface area (TPSA) is 83.5 Å². The van der Waals surface area contributed by atoms with Crippen molar-refractivity contribution >= 4 is 5.78 Å². The van der Waals surface area contributed by atoms with Gasteiger partial charge < -0.3 is 28.8 Å². The molecule has 0 bridgehead atoms. The smallest absolute Gasteiger partial charge is 0.178 e. The molecule has 7 heteroatoms. The number of methoxy groups -OCH3 is 4. The van der Waals surface area contributed by atoms with Crippen LogP contribution in [-0.4, -0.2) is 39.3 Å². The van der Waals surface area contributed by atoms with Crippen LogP contribution in [0.1, 0.15) is 33.5 Å². The van der Waals surface area contributed by atoms with Gasteiger partial charge in [-0.15, -0.1) is 0 Å². The molecule has 1 heterocycles. The molecule has 2 unspecified atom stereocenters. The summed E-state index contributed by atoms with van der Waals surface area (Å²) >= 11 is 0. The summed E-state index contributed by atoms with van der Waals surface area (Å²) in [6.07, 6.45) is -0.656. The van der Waals surface area contributed by atoms with Gasteiger partial charge in [-0.2, -0.15) is 0 Å². The Hall–Kier alpha value is -3.87. The SMILES string of the molecule is COc1ccc(C2C(=O)c3cc(OC)c(OC)cc3OC2c2ccc(O)c(OC)c2)cc1. The monoisotopic (exact) mass is 436 g/mol. The molecule has 1 aliphatic rings. The standard InChI is InChI=1S/C25H24O7/c1-28-16-8-5-14(6-9-16)23-24(27)17-12-21(30-3)22(31-4)13-19(17)32-25(23)15-7-10-18(26)20(11-15)29-2/h5-13,23,25-26H,1-4H3. The number of ether oxygens (including phenoxy) is 5. The number of carbonyl (C=O) groups excluding carboxylic acids is 1. The van der Waals surface area contributed by atoms with E-state index in [1.165, 1.54) is 27.4 Å². The van der Waals surface area contributed by atoms with Gasteiger partial charge in [-0.25, -0.2) is 0 Å². The summed E-state index contributed by atoms with van der Waals surface area (Å²) in [5, 5.41) is 10.0. The molecule has 1 N–H and O–H groups in total. The Morgan fingerprint density at radius 3 is 2.00 bits per heavy atom. The van der Waals surface area contributed by atoms with Crippen LogP contribution in [0, 0.1) is 0 Å². The third kappa shape index (κ3) is 3.66. The molecule has 7 nitrogen and oxygen atoms in total. The zero-order chi connectivity index (χ0) is 22.8. The Labute approximate surface area is 186 Å². The van der Waals surface area contributed by atoms with Crippen molar-refractivity contribution in [1.82, 2.24) is 0 Å². The number of phenolic OH excluding ortho intramolecular Hbond substituents is 1. The first-order valence-electron chi connectivity index (χ1n) is 9.98. The van der Waals surface area contributed by atoms with Gasteiger partial charge in [-0.1, -0.05) is 18.2 Å². The first-order valence-corrected chi connectivity index (χ1v) is 9.98. The van der Waals surface area contributed by atoms with Crippen LogP contribution in [0.5, 0.6) is 34.5 Å². The molecule has 0 saturated heterocycles. The average molecular weight is 436 g/mol. The summed E-state index contributed by atoms with van der Waals surface area (Å²) in [6, 6.07) is 15.5. The molecule has 0 saturated carbocycles. The quantitative estimate of drug-likeness (QED) is 0.608. The number of aromatic hydroxyl groups is 1. The molecule has 0 spiro atoms. The van der Waals surface area contributed by atoms with Crippen molar-refractivity contribution in [3.8, 4) is 34.5 Å². The maximum atomic E-state index is 13.8. The number of carbonyl (C=O) groups is 1. The fourth-order valence-corrected chi connectivity index (χ4v) is 3.93. The third-order valence-corrected chi connectivity index (χ3v) is 5.60. The van der Waals surface area contributed by atoms with E-state index in [1.807, 2.05) is 12.1 Å². The van der Waals surface area contributed by atoms with E-state index in [4.69, 9.17) is 23.7 Å². The minimum Gasteiger partial charge on any atom is -0.504 e. The normalized spacial score (nSPS) is 17.2. The molecular weight excluding hydrogens is 412 g/mol. The molecule has 166 valence electrons. The Kier molecular flexibility index (Phi) is 5.81. The van der Waals surface area contributed by atoms with Crippen LogP contribution < -0.4 is 23.7 Å². The van der Waals surface area contributed by atoms with Crippen LogP contribution in [0.2, 0.25) is 0 Å². The first kappa shape index (κ1) is 21.4. The largest absolute Gasteiger partial charge is 0.504 e. The van der Waals surface area contributed by atoms with Gasteiger partial charge in [0.05, 0.1) is 39.9 Å². The Morgan fingerprint density at radius 2 is 1.38 bits per heavy atom. The lowest BCUT2D eigenvalue weighted by molar-refractivity contribution is 0.0779. The number of ketones is 1. The average Bonchev–Trinajstić information content (AvgIpc) is 2.83. The van der Waals surface area contributed by atoms with Crippen LogP contribution in [0.15, 0.2) is 54.6 Å². The van der Waals surface area contributed by atoms with Gasteiger partial charge in [0, 0.05) is 6.07 Å². The van der Waals surface area contributed by atoms with Crippen molar-refractivity contribution in [1.29, 1.82) is 0 Å². The molecule has 32 heavy (non-hydrogen) atoms. The van der Waals surface area contributed by atoms with Crippen molar-refractivity contribution < 1.29 is 33.6 Å². The zero-order valence-electron chi connectivity index (χ0n) is 18.2. The van der Waals surface area contributed by atoms with Crippen LogP contribution in [0.3, 0.4) is 0 Å². The summed E-state index contributed by atoms with van der Waals surface area (Å²) in [5.74, 6) is 1.54. The Balaban J connectivity index is 1.88. The molecule has 0 radical (unpaired) electrons. The van der Waals surface area contributed by atoms with Gasteiger partial charge in [0.15, 0.2) is 28.8 Å². The Bertz CT molecular complexity index is 1140. The fourth-order valence-electron chi connectivity index (χ4n) is 3.93. The molecule has 0 aromatic heterocycles. The summed E-state index contributed by atoms with van der Waals surface area (Å²) in [6.45, 7) is 0. The second-order valence-electron chi connectivity index (χ2n) is 7.29. The van der Waals surface area contributed by atoms with E-state index in [0.29, 0.717) is 39.9 Å². The highest BCUT2D eigenvalue weighted by molar-refractivity contribution is 6.05. The van der Waals surface area contributed by atoms with Crippen molar-refractivity contribution in [3.63, 3.8) is 0 Å². The maximum Gasteiger partial charge on any atom is 0.178 e. The summed E-state index contributed by atoms with van der Waals surface area (Å²) in [7, 11) is 6.10. The van der Waals surface area contributed by atoms with Crippen LogP contribution in [0.4, 0.5) is 0 Å². The van der Waals surface area contributed by atoms with Crippen molar-refractivity contribution in [2.75, 3.05) is 28.4 Å². The highest BCUT2D eigenvalue weighted by Gasteiger charge is 2.40. The summed E-state index contributed by atoms with van der Waals surface area (Å²) in [5.41, 5.74) is 1.87. The predicted octanol–water partition coefficient (Wildman–Crippen LogP) is 4.53. The molecule has 3 aromatic rings. The highest BCUT2D eigenvalue weighted by Crippen LogP contribution is 2.48. The third-order valence-electron chi connectivity index (χ3n) is 5.60. The van der Waals surface area contributed by atoms with E-state index >= 15 is 0 Å². The van der Waals surface area contributed by atoms with Gasteiger partial charge in [-0.05, 0) is 41.5 Å². The highest BCUT2D eigenvalue weighted by atomic mass is 16.5. The molecule has 4 rings (SSSR count). The molecule has 0 amide bonds. The number of fused-ring (bicyclic) bond motifs is 1. The number of Topliss-reactive ketones (excluding diaryl/α,β-unsaturated/α-hetero) is 1. The lowest BCUT2D eigenvalue weighted by Crippen LogP contribution is -2.30. The van der Waals surface area contributed by atoms with Gasteiger partial charge in [0.2, 0.25) is 0 Å². The summed E-state index contributed by atoms with van der Waals surface area (Å²) in [4.78, 5) is 13.8. The molecule has 1 aliphatic heterocycles. The minimum atomic E-state index is -0.656. The van der Waals surface area contributed by atoms with E-state index in [1.54, 1.807) is 43.5 Å². The summed E-state index contributed by atoms with van der Waals surface area (Å²) < 4.78 is 27.7. The van der Waals surface area contributed by atoms with E-state index in [9.17, 15) is 9.90 Å². The van der Waals surface area contributed by atoms with Gasteiger partial charge in [-0.3, -0.25) is 4.79 Å². The number of rotatable bonds is 6. The lowest BCUT2D eigenvalue weighted by Gasteiger charge is -2.34. The van der Waals surface area contributed by atoms with Crippen LogP contribution >= 0.6 is 0 Å². The van der Waals surface area contributed by atoms with Crippen molar-refractivity contribution in [3.05, 3.63) is 71.3 Å². The van der Waals surface area contributed by atoms with E-state index < -0.39 is 12.0 Å². The second kappa shape index (κ2) is 8.70.